The van der Waals surface area contributed by atoms with Gasteiger partial charge in [0.15, 0.2) is 5.69 Å². The zero-order chi connectivity index (χ0) is 27.5. The lowest BCUT2D eigenvalue weighted by Crippen LogP contribution is -2.25. The maximum absolute atomic E-state index is 13.1. The van der Waals surface area contributed by atoms with Crippen molar-refractivity contribution in [1.29, 1.82) is 0 Å². The van der Waals surface area contributed by atoms with Crippen LogP contribution in [0.1, 0.15) is 51.5 Å². The van der Waals surface area contributed by atoms with E-state index in [0.717, 1.165) is 58.7 Å². The van der Waals surface area contributed by atoms with Crippen LogP contribution in [0, 0.1) is 13.8 Å². The summed E-state index contributed by atoms with van der Waals surface area (Å²) in [5.41, 5.74) is 12.7. The molecule has 15 heteroatoms. The first-order valence-electron chi connectivity index (χ1n) is 12.3. The number of nitrogens with two attached hydrogens (primary N) is 1. The van der Waals surface area contributed by atoms with E-state index in [2.05, 4.69) is 57.1 Å². The summed E-state index contributed by atoms with van der Waals surface area (Å²) < 4.78 is 14.5. The highest BCUT2D eigenvalue weighted by Crippen LogP contribution is 2.25. The smallest absolute Gasteiger partial charge is 0.293 e. The van der Waals surface area contributed by atoms with Gasteiger partial charge in [-0.2, -0.15) is 14.9 Å². The van der Waals surface area contributed by atoms with Crippen LogP contribution >= 0.6 is 15.9 Å². The van der Waals surface area contributed by atoms with E-state index in [0.29, 0.717) is 18.8 Å². The number of ether oxygens (including phenoxy) is 1. The Kier molecular flexibility index (Phi) is 7.70. The normalized spacial score (nSPS) is 13.9. The lowest BCUT2D eigenvalue weighted by Gasteiger charge is -2.15. The van der Waals surface area contributed by atoms with E-state index in [-0.39, 0.29) is 17.3 Å². The predicted molar refractivity (Wildman–Crippen MR) is 145 cm³/mol. The number of methoxy groups -OCH3 is 1. The largest absolute Gasteiger partial charge is 0.496 e. The van der Waals surface area contributed by atoms with Gasteiger partial charge in [-0.15, -0.1) is 5.10 Å². The van der Waals surface area contributed by atoms with Crippen LogP contribution in [0.2, 0.25) is 0 Å². The van der Waals surface area contributed by atoms with Crippen molar-refractivity contribution < 1.29 is 14.2 Å². The van der Waals surface area contributed by atoms with E-state index in [1.54, 1.807) is 13.3 Å². The second-order valence-electron chi connectivity index (χ2n) is 9.17. The molecule has 0 spiro atoms. The highest BCUT2D eigenvalue weighted by molar-refractivity contribution is 9.10. The minimum atomic E-state index is -0.511. The minimum Gasteiger partial charge on any atom is -0.496 e. The number of carbonyl (C=O) groups excluding carboxylic acids is 1. The molecule has 3 aromatic heterocycles. The van der Waals surface area contributed by atoms with Crippen LogP contribution in [0.5, 0.6) is 5.75 Å². The van der Waals surface area contributed by atoms with Gasteiger partial charge in [0.1, 0.15) is 5.75 Å². The van der Waals surface area contributed by atoms with E-state index >= 15 is 0 Å². The third-order valence-corrected chi connectivity index (χ3v) is 7.69. The molecule has 0 saturated carbocycles. The molecule has 1 aliphatic rings. The number of aryl methyl sites for hydroxylation is 1. The average molecular weight is 598 g/mol. The first kappa shape index (κ1) is 26.5. The van der Waals surface area contributed by atoms with Crippen LogP contribution in [-0.2, 0) is 13.1 Å². The highest BCUT2D eigenvalue weighted by atomic mass is 79.9. The molecule has 1 aliphatic heterocycles. The van der Waals surface area contributed by atoms with Crippen molar-refractivity contribution in [3.8, 4) is 11.6 Å². The SMILES string of the molecule is COc1ccc(/C=N\NC(=O)c2nnn(-c3nonc3N)c2CN2CCCC2)cc1Cn1nc(C)c(Br)c1C. The van der Waals surface area contributed by atoms with Gasteiger partial charge in [-0.1, -0.05) is 5.21 Å². The standard InChI is InChI=1S/C24H28BrN11O3/c1-14-20(25)15(2)35(30-14)12-17-10-16(6-7-19(17)38-3)11-27-29-24(37)21-18(13-34-8-4-5-9-34)36(33-28-21)23-22(26)31-39-32-23/h6-7,10-11H,4-5,8-9,12-13H2,1-3H3,(H2,26,31)(H,29,37)/b27-11-. The summed E-state index contributed by atoms with van der Waals surface area (Å²) in [6.45, 7) is 6.72. The van der Waals surface area contributed by atoms with Gasteiger partial charge in [0.2, 0.25) is 11.6 Å². The summed E-state index contributed by atoms with van der Waals surface area (Å²) in [5, 5.41) is 24.3. The molecule has 0 unspecified atom stereocenters. The number of anilines is 1. The topological polar surface area (TPSA) is 167 Å². The van der Waals surface area contributed by atoms with Crippen LogP contribution in [0.4, 0.5) is 5.82 Å². The van der Waals surface area contributed by atoms with Gasteiger partial charge in [-0.3, -0.25) is 14.4 Å². The van der Waals surface area contributed by atoms with Crippen LogP contribution in [0.3, 0.4) is 0 Å². The number of amides is 1. The second-order valence-corrected chi connectivity index (χ2v) is 9.96. The highest BCUT2D eigenvalue weighted by Gasteiger charge is 2.26. The Morgan fingerprint density at radius 3 is 2.72 bits per heavy atom. The quantitative estimate of drug-likeness (QED) is 0.215. The predicted octanol–water partition coefficient (Wildman–Crippen LogP) is 2.22. The molecule has 14 nitrogen and oxygen atoms in total. The zero-order valence-electron chi connectivity index (χ0n) is 21.8. The Hall–Kier alpha value is -4.11. The number of hydrogen-bond acceptors (Lipinski definition) is 11. The fourth-order valence-electron chi connectivity index (χ4n) is 4.49. The van der Waals surface area contributed by atoms with Crippen molar-refractivity contribution in [3.63, 3.8) is 0 Å². The van der Waals surface area contributed by atoms with E-state index in [1.807, 2.05) is 36.7 Å². The number of hydrazone groups is 1. The lowest BCUT2D eigenvalue weighted by atomic mass is 10.1. The monoisotopic (exact) mass is 597 g/mol. The Balaban J connectivity index is 1.35. The summed E-state index contributed by atoms with van der Waals surface area (Å²) in [5.74, 6) is 0.447. The van der Waals surface area contributed by atoms with Crippen LogP contribution in [0.25, 0.3) is 5.82 Å². The summed E-state index contributed by atoms with van der Waals surface area (Å²) in [6, 6.07) is 5.65. The number of nitrogens with zero attached hydrogens (tertiary/aromatic N) is 9. The van der Waals surface area contributed by atoms with Gasteiger partial charge >= 0.3 is 0 Å². The molecular formula is C24H28BrN11O3. The van der Waals surface area contributed by atoms with Crippen molar-refractivity contribution in [1.82, 2.24) is 45.4 Å². The number of likely N-dealkylation sites (tertiary alicyclic amines) is 1. The number of aromatic nitrogens is 7. The zero-order valence-corrected chi connectivity index (χ0v) is 23.3. The molecule has 3 N–H and O–H groups in total. The molecule has 4 heterocycles. The first-order chi connectivity index (χ1) is 18.9. The molecule has 1 amide bonds. The molecule has 0 atom stereocenters. The molecule has 1 saturated heterocycles. The number of carbonyl (C=O) groups is 1. The average Bonchev–Trinajstić information content (AvgIpc) is 3.72. The van der Waals surface area contributed by atoms with E-state index in [1.165, 1.54) is 4.68 Å². The van der Waals surface area contributed by atoms with Crippen LogP contribution in [0.15, 0.2) is 32.4 Å². The third kappa shape index (κ3) is 5.54. The molecule has 5 rings (SSSR count). The van der Waals surface area contributed by atoms with E-state index in [4.69, 9.17) is 15.1 Å². The molecule has 4 aromatic rings. The van der Waals surface area contributed by atoms with Gasteiger partial charge in [0, 0.05) is 12.1 Å². The third-order valence-electron chi connectivity index (χ3n) is 6.54. The molecule has 0 bridgehead atoms. The summed E-state index contributed by atoms with van der Waals surface area (Å²) in [6.07, 6.45) is 3.73. The fraction of sp³-hybridized carbons (Fsp3) is 0.375. The van der Waals surface area contributed by atoms with Crippen molar-refractivity contribution in [3.05, 3.63) is 56.6 Å². The van der Waals surface area contributed by atoms with Crippen molar-refractivity contribution >= 4 is 33.9 Å². The molecule has 0 aliphatic carbocycles. The van der Waals surface area contributed by atoms with Gasteiger partial charge in [0.25, 0.3) is 5.91 Å². The van der Waals surface area contributed by atoms with Crippen LogP contribution in [-0.4, -0.2) is 72.3 Å². The van der Waals surface area contributed by atoms with Gasteiger partial charge in [-0.05, 0) is 89.8 Å². The molecule has 1 fully saturated rings. The number of nitrogen functional groups attached to an aromatic ring is 1. The molecule has 39 heavy (non-hydrogen) atoms. The summed E-state index contributed by atoms with van der Waals surface area (Å²) >= 11 is 3.57. The number of halogens is 1. The maximum atomic E-state index is 13.1. The van der Waals surface area contributed by atoms with Gasteiger partial charge in [-0.25, -0.2) is 10.1 Å². The van der Waals surface area contributed by atoms with Crippen LogP contribution < -0.4 is 15.9 Å². The fourth-order valence-corrected chi connectivity index (χ4v) is 4.78. The minimum absolute atomic E-state index is 0.0516. The Morgan fingerprint density at radius 2 is 2.05 bits per heavy atom. The summed E-state index contributed by atoms with van der Waals surface area (Å²) in [7, 11) is 1.62. The number of benzene rings is 1. The molecule has 204 valence electrons. The van der Waals surface area contributed by atoms with E-state index < -0.39 is 5.91 Å². The lowest BCUT2D eigenvalue weighted by molar-refractivity contribution is 0.0948. The van der Waals surface area contributed by atoms with Crippen molar-refractivity contribution in [2.75, 3.05) is 25.9 Å². The number of nitrogens with one attached hydrogen (secondary N) is 1. The maximum Gasteiger partial charge on any atom is 0.293 e. The Bertz CT molecular complexity index is 1520. The number of hydrogen-bond donors (Lipinski definition) is 2. The molecular weight excluding hydrogens is 570 g/mol. The Morgan fingerprint density at radius 1 is 1.26 bits per heavy atom. The second kappa shape index (κ2) is 11.3. The number of rotatable bonds is 9. The Labute approximate surface area is 232 Å². The van der Waals surface area contributed by atoms with Crippen molar-refractivity contribution in [2.45, 2.75) is 39.8 Å². The molecule has 0 radical (unpaired) electrons. The summed E-state index contributed by atoms with van der Waals surface area (Å²) in [4.78, 5) is 15.3. The van der Waals surface area contributed by atoms with E-state index in [9.17, 15) is 4.79 Å². The van der Waals surface area contributed by atoms with Gasteiger partial charge in [0.05, 0.1) is 41.4 Å². The molecule has 1 aromatic carbocycles. The first-order valence-corrected chi connectivity index (χ1v) is 13.1. The van der Waals surface area contributed by atoms with Gasteiger partial charge < -0.3 is 10.5 Å². The van der Waals surface area contributed by atoms with Crippen molar-refractivity contribution in [2.24, 2.45) is 5.10 Å².